The molecule has 0 saturated heterocycles. The molecule has 0 aromatic heterocycles. The van der Waals surface area contributed by atoms with Crippen molar-refractivity contribution < 1.29 is 0 Å². The Kier molecular flexibility index (Phi) is 6.84. The number of hydrogen-bond donors (Lipinski definition) is 0. The Morgan fingerprint density at radius 3 is 1.36 bits per heavy atom. The molecule has 10 aromatic rings. The Balaban J connectivity index is 1.04. The van der Waals surface area contributed by atoms with Crippen LogP contribution in [0.5, 0.6) is 0 Å². The summed E-state index contributed by atoms with van der Waals surface area (Å²) in [6.45, 7) is 9.56. The summed E-state index contributed by atoms with van der Waals surface area (Å²) in [4.78, 5) is 0. The van der Waals surface area contributed by atoms with Crippen molar-refractivity contribution in [1.29, 1.82) is 0 Å². The molecule has 0 fully saturated rings. The van der Waals surface area contributed by atoms with Crippen LogP contribution in [0.3, 0.4) is 0 Å². The molecule has 0 saturated carbocycles. The monoisotopic (exact) mass is 738 g/mol. The predicted molar refractivity (Wildman–Crippen MR) is 248 cm³/mol. The van der Waals surface area contributed by atoms with E-state index >= 15 is 0 Å². The van der Waals surface area contributed by atoms with Gasteiger partial charge in [-0.25, -0.2) is 0 Å². The minimum atomic E-state index is -0.118. The van der Waals surface area contributed by atoms with E-state index in [0.717, 1.165) is 0 Å². The van der Waals surface area contributed by atoms with E-state index < -0.39 is 0 Å². The van der Waals surface area contributed by atoms with E-state index in [2.05, 4.69) is 210 Å². The molecule has 0 spiro atoms. The highest BCUT2D eigenvalue weighted by molar-refractivity contribution is 6.22. The van der Waals surface area contributed by atoms with Crippen molar-refractivity contribution in [2.45, 2.75) is 38.5 Å². The lowest BCUT2D eigenvalue weighted by Gasteiger charge is -2.24. The maximum atomic E-state index is 2.48. The first-order valence-corrected chi connectivity index (χ1v) is 20.7. The molecule has 0 amide bonds. The van der Waals surface area contributed by atoms with Gasteiger partial charge >= 0.3 is 0 Å². The Bertz CT molecular complexity index is 3330. The van der Waals surface area contributed by atoms with Crippen molar-refractivity contribution in [3.8, 4) is 55.6 Å². The number of rotatable bonds is 3. The molecule has 0 heterocycles. The molecule has 58 heavy (non-hydrogen) atoms. The normalized spacial score (nSPS) is 14.5. The maximum Gasteiger partial charge on any atom is 0.0165 e. The van der Waals surface area contributed by atoms with Crippen molar-refractivity contribution in [2.24, 2.45) is 0 Å². The van der Waals surface area contributed by atoms with Gasteiger partial charge in [0.25, 0.3) is 0 Å². The Hall–Kier alpha value is -6.76. The molecule has 0 aliphatic heterocycles. The van der Waals surface area contributed by atoms with Crippen LogP contribution in [0.1, 0.15) is 49.9 Å². The van der Waals surface area contributed by atoms with Crippen LogP contribution < -0.4 is 0 Å². The average Bonchev–Trinajstić information content (AvgIpc) is 3.65. The van der Waals surface area contributed by atoms with Gasteiger partial charge in [0.1, 0.15) is 0 Å². The van der Waals surface area contributed by atoms with E-state index in [0.29, 0.717) is 0 Å². The van der Waals surface area contributed by atoms with Crippen molar-refractivity contribution in [3.63, 3.8) is 0 Å². The molecule has 0 radical (unpaired) electrons. The molecular formula is C58H42. The quantitative estimate of drug-likeness (QED) is 0.125. The van der Waals surface area contributed by atoms with Crippen LogP contribution in [0.2, 0.25) is 0 Å². The summed E-state index contributed by atoms with van der Waals surface area (Å²) >= 11 is 0. The molecule has 274 valence electrons. The van der Waals surface area contributed by atoms with E-state index in [-0.39, 0.29) is 10.8 Å². The highest BCUT2D eigenvalue weighted by Gasteiger charge is 2.39. The van der Waals surface area contributed by atoms with Crippen LogP contribution in [0.25, 0.3) is 98.7 Å². The first kappa shape index (κ1) is 33.4. The van der Waals surface area contributed by atoms with E-state index in [1.165, 1.54) is 121 Å². The summed E-state index contributed by atoms with van der Waals surface area (Å²) in [6.07, 6.45) is 0. The lowest BCUT2D eigenvalue weighted by molar-refractivity contribution is 0.660. The predicted octanol–water partition coefficient (Wildman–Crippen LogP) is 15.9. The first-order chi connectivity index (χ1) is 28.3. The summed E-state index contributed by atoms with van der Waals surface area (Å²) in [6, 6.07) is 68.6. The molecular weight excluding hydrogens is 697 g/mol. The van der Waals surface area contributed by atoms with Crippen molar-refractivity contribution in [2.75, 3.05) is 0 Å². The second kappa shape index (κ2) is 11.9. The van der Waals surface area contributed by atoms with Crippen LogP contribution in [-0.4, -0.2) is 0 Å². The van der Waals surface area contributed by atoms with Gasteiger partial charge in [-0.1, -0.05) is 191 Å². The minimum Gasteiger partial charge on any atom is -0.0619 e. The van der Waals surface area contributed by atoms with Crippen LogP contribution in [0, 0.1) is 0 Å². The fraction of sp³-hybridized carbons (Fsp3) is 0.103. The highest BCUT2D eigenvalue weighted by atomic mass is 14.4. The van der Waals surface area contributed by atoms with Gasteiger partial charge in [0, 0.05) is 10.8 Å². The van der Waals surface area contributed by atoms with Gasteiger partial charge in [-0.15, -0.1) is 0 Å². The zero-order valence-electron chi connectivity index (χ0n) is 33.3. The molecule has 0 unspecified atom stereocenters. The summed E-state index contributed by atoms with van der Waals surface area (Å²) in [7, 11) is 0. The standard InChI is InChI=1S/C58H42/c1-57(2)50-27-14-13-20-41(50)42-30-28-38(34-52(42)57)54-46-24-10-8-22-44(46)53(45-23-9-11-25-47(45)54)37-17-15-16-35(32-37)36-29-31-51-49(33-36)55-43-21-7-5-18-39(43)40-19-6-12-26-48(40)56(55)58(51,3)4/h5-34H,1-4H3. The average molecular weight is 739 g/mol. The van der Waals surface area contributed by atoms with Gasteiger partial charge in [-0.2, -0.15) is 0 Å². The SMILES string of the molecule is CC1(C)c2ccccc2-c2ccc(-c3c4ccccc4c(-c4cccc(-c5ccc6c(c5)-c5c(c7ccccc7c7ccccc57)C6(C)C)c4)c4ccccc34)cc21. The van der Waals surface area contributed by atoms with Crippen LogP contribution in [0.15, 0.2) is 182 Å². The van der Waals surface area contributed by atoms with Crippen LogP contribution in [0.4, 0.5) is 0 Å². The smallest absolute Gasteiger partial charge is 0.0165 e. The van der Waals surface area contributed by atoms with Crippen molar-refractivity contribution in [1.82, 2.24) is 0 Å². The molecule has 10 aromatic carbocycles. The summed E-state index contributed by atoms with van der Waals surface area (Å²) in [5.41, 5.74) is 18.5. The fourth-order valence-corrected chi connectivity index (χ4v) is 11.1. The van der Waals surface area contributed by atoms with Gasteiger partial charge in [0.15, 0.2) is 0 Å². The lowest BCUT2D eigenvalue weighted by Crippen LogP contribution is -2.15. The molecule has 0 heteroatoms. The number of benzene rings is 10. The van der Waals surface area contributed by atoms with Gasteiger partial charge in [-0.3, -0.25) is 0 Å². The topological polar surface area (TPSA) is 0 Å². The molecule has 0 nitrogen and oxygen atoms in total. The third-order valence-corrected chi connectivity index (χ3v) is 13.8. The second-order valence-electron chi connectivity index (χ2n) is 17.6. The fourth-order valence-electron chi connectivity index (χ4n) is 11.1. The molecule has 2 aliphatic carbocycles. The highest BCUT2D eigenvalue weighted by Crippen LogP contribution is 2.56. The second-order valence-corrected chi connectivity index (χ2v) is 17.6. The van der Waals surface area contributed by atoms with E-state index in [1.54, 1.807) is 0 Å². The van der Waals surface area contributed by atoms with Crippen LogP contribution in [-0.2, 0) is 10.8 Å². The maximum absolute atomic E-state index is 2.48. The Labute approximate surface area is 340 Å². The molecule has 0 atom stereocenters. The summed E-state index contributed by atoms with van der Waals surface area (Å²) in [5.74, 6) is 0. The zero-order chi connectivity index (χ0) is 38.9. The van der Waals surface area contributed by atoms with Gasteiger partial charge in [0.2, 0.25) is 0 Å². The lowest BCUT2D eigenvalue weighted by atomic mass is 9.79. The summed E-state index contributed by atoms with van der Waals surface area (Å²) in [5, 5.41) is 10.5. The van der Waals surface area contributed by atoms with Gasteiger partial charge in [-0.05, 0) is 139 Å². The zero-order valence-corrected chi connectivity index (χ0v) is 33.3. The van der Waals surface area contributed by atoms with Crippen LogP contribution >= 0.6 is 0 Å². The van der Waals surface area contributed by atoms with E-state index in [1.807, 2.05) is 0 Å². The molecule has 0 bridgehead atoms. The van der Waals surface area contributed by atoms with E-state index in [4.69, 9.17) is 0 Å². The Morgan fingerprint density at radius 2 is 0.707 bits per heavy atom. The van der Waals surface area contributed by atoms with Crippen molar-refractivity contribution >= 4 is 43.1 Å². The van der Waals surface area contributed by atoms with Crippen molar-refractivity contribution in [3.05, 3.63) is 204 Å². The molecule has 0 N–H and O–H groups in total. The largest absolute Gasteiger partial charge is 0.0619 e. The molecule has 2 aliphatic rings. The number of fused-ring (bicyclic) bond motifs is 13. The van der Waals surface area contributed by atoms with E-state index in [9.17, 15) is 0 Å². The third kappa shape index (κ3) is 4.46. The Morgan fingerprint density at radius 1 is 0.259 bits per heavy atom. The van der Waals surface area contributed by atoms with Gasteiger partial charge < -0.3 is 0 Å². The summed E-state index contributed by atoms with van der Waals surface area (Å²) < 4.78 is 0. The first-order valence-electron chi connectivity index (χ1n) is 20.7. The third-order valence-electron chi connectivity index (χ3n) is 13.8. The molecule has 12 rings (SSSR count). The minimum absolute atomic E-state index is 0.0653. The van der Waals surface area contributed by atoms with Gasteiger partial charge in [0.05, 0.1) is 0 Å². The number of hydrogen-bond acceptors (Lipinski definition) is 0.